The van der Waals surface area contributed by atoms with Crippen LogP contribution in [0, 0.1) is 5.92 Å². The van der Waals surface area contributed by atoms with Crippen LogP contribution in [0.1, 0.15) is 10.5 Å². The van der Waals surface area contributed by atoms with E-state index < -0.39 is 0 Å². The summed E-state index contributed by atoms with van der Waals surface area (Å²) in [4.78, 5) is 16.5. The number of hydrogen-bond donors (Lipinski definition) is 2. The zero-order valence-electron chi connectivity index (χ0n) is 13.7. The molecule has 24 heavy (non-hydrogen) atoms. The van der Waals surface area contributed by atoms with Crippen LogP contribution in [-0.2, 0) is 0 Å². The molecule has 0 spiro atoms. The number of carbonyl (C=O) groups excluding carboxylic acids is 1. The number of likely N-dealkylation sites (N-methyl/N-ethyl adjacent to an activating group) is 1. The van der Waals surface area contributed by atoms with Crippen molar-refractivity contribution in [2.45, 2.75) is 6.04 Å². The van der Waals surface area contributed by atoms with Crippen LogP contribution < -0.4 is 0 Å². The van der Waals surface area contributed by atoms with E-state index in [9.17, 15) is 9.90 Å². The summed E-state index contributed by atoms with van der Waals surface area (Å²) in [5.41, 5.74) is 1.99. The number of nitrogens with one attached hydrogen (secondary N) is 1. The second-order valence-electron chi connectivity index (χ2n) is 6.36. The Hall–Kier alpha value is -1.89. The quantitative estimate of drug-likeness (QED) is 0.882. The first-order valence-electron chi connectivity index (χ1n) is 7.87. The molecule has 0 aliphatic carbocycles. The van der Waals surface area contributed by atoms with Gasteiger partial charge in [-0.2, -0.15) is 5.10 Å². The molecular weight excluding hydrogens is 328 g/mol. The molecule has 1 fully saturated rings. The van der Waals surface area contributed by atoms with Gasteiger partial charge in [0.25, 0.3) is 5.91 Å². The number of aromatic nitrogens is 2. The highest BCUT2D eigenvalue weighted by molar-refractivity contribution is 6.30. The van der Waals surface area contributed by atoms with Gasteiger partial charge in [0.05, 0.1) is 5.69 Å². The third-order valence-corrected chi connectivity index (χ3v) is 4.76. The highest BCUT2D eigenvalue weighted by Crippen LogP contribution is 2.24. The van der Waals surface area contributed by atoms with Crippen LogP contribution in [0.2, 0.25) is 5.02 Å². The van der Waals surface area contributed by atoms with Crippen LogP contribution in [-0.4, -0.2) is 70.8 Å². The van der Waals surface area contributed by atoms with Crippen LogP contribution in [0.25, 0.3) is 11.3 Å². The van der Waals surface area contributed by atoms with E-state index in [4.69, 9.17) is 11.6 Å². The van der Waals surface area contributed by atoms with Crippen molar-refractivity contribution in [2.24, 2.45) is 5.92 Å². The predicted octanol–water partition coefficient (Wildman–Crippen LogP) is 1.72. The lowest BCUT2D eigenvalue weighted by Crippen LogP contribution is -2.37. The van der Waals surface area contributed by atoms with E-state index in [1.54, 1.807) is 17.0 Å². The average Bonchev–Trinajstić information content (AvgIpc) is 3.21. The summed E-state index contributed by atoms with van der Waals surface area (Å²) in [7, 11) is 3.93. The molecule has 0 saturated carbocycles. The number of aliphatic hydroxyl groups excluding tert-OH is 1. The van der Waals surface area contributed by atoms with Gasteiger partial charge in [-0.25, -0.2) is 0 Å². The number of halogens is 1. The minimum absolute atomic E-state index is 0.0688. The lowest BCUT2D eigenvalue weighted by molar-refractivity contribution is 0.0773. The van der Waals surface area contributed by atoms with Crippen molar-refractivity contribution in [2.75, 3.05) is 33.8 Å². The summed E-state index contributed by atoms with van der Waals surface area (Å²) in [5.74, 6) is -0.0298. The molecule has 1 saturated heterocycles. The van der Waals surface area contributed by atoms with E-state index in [0.29, 0.717) is 29.5 Å². The van der Waals surface area contributed by atoms with E-state index in [2.05, 4.69) is 15.1 Å². The second kappa shape index (κ2) is 6.93. The van der Waals surface area contributed by atoms with Crippen LogP contribution >= 0.6 is 11.6 Å². The molecule has 0 bridgehead atoms. The maximum atomic E-state index is 12.7. The topological polar surface area (TPSA) is 72.5 Å². The van der Waals surface area contributed by atoms with Crippen LogP contribution in [0.3, 0.4) is 0 Å². The Morgan fingerprint density at radius 1 is 1.42 bits per heavy atom. The Bertz CT molecular complexity index is 731. The number of hydrogen-bond acceptors (Lipinski definition) is 4. The summed E-state index contributed by atoms with van der Waals surface area (Å²) in [5, 5.41) is 17.2. The molecule has 0 radical (unpaired) electrons. The summed E-state index contributed by atoms with van der Waals surface area (Å²) in [6, 6.07) is 9.26. The monoisotopic (exact) mass is 348 g/mol. The molecule has 1 aliphatic rings. The third-order valence-electron chi connectivity index (χ3n) is 4.52. The van der Waals surface area contributed by atoms with E-state index >= 15 is 0 Å². The number of amides is 1. The van der Waals surface area contributed by atoms with Crippen LogP contribution in [0.5, 0.6) is 0 Å². The zero-order valence-corrected chi connectivity index (χ0v) is 14.5. The Morgan fingerprint density at radius 2 is 2.21 bits per heavy atom. The highest BCUT2D eigenvalue weighted by Gasteiger charge is 2.36. The van der Waals surface area contributed by atoms with Gasteiger partial charge in [-0.05, 0) is 32.3 Å². The molecule has 7 heteroatoms. The van der Waals surface area contributed by atoms with Gasteiger partial charge in [0, 0.05) is 42.2 Å². The van der Waals surface area contributed by atoms with E-state index in [1.807, 2.05) is 32.3 Å². The Kier molecular flexibility index (Phi) is 4.89. The van der Waals surface area contributed by atoms with Gasteiger partial charge in [0.15, 0.2) is 0 Å². The number of benzene rings is 1. The third kappa shape index (κ3) is 3.31. The van der Waals surface area contributed by atoms with Gasteiger partial charge < -0.3 is 14.9 Å². The Morgan fingerprint density at radius 3 is 2.83 bits per heavy atom. The fourth-order valence-electron chi connectivity index (χ4n) is 3.18. The number of rotatable bonds is 4. The molecule has 1 aromatic carbocycles. The first kappa shape index (κ1) is 17.0. The fourth-order valence-corrected chi connectivity index (χ4v) is 3.37. The molecule has 0 unspecified atom stereocenters. The van der Waals surface area contributed by atoms with E-state index in [0.717, 1.165) is 5.56 Å². The normalized spacial score (nSPS) is 20.8. The molecular formula is C17H21ClN4O2. The van der Waals surface area contributed by atoms with Crippen molar-refractivity contribution >= 4 is 17.5 Å². The van der Waals surface area contributed by atoms with E-state index in [-0.39, 0.29) is 24.5 Å². The van der Waals surface area contributed by atoms with Gasteiger partial charge in [0.2, 0.25) is 0 Å². The standard InChI is InChI=1S/C17H21ClN4O2/c1-21(2)16-9-22(8-12(16)10-23)17(24)15-7-14(19-20-15)11-4-3-5-13(18)6-11/h3-7,12,16,23H,8-10H2,1-2H3,(H,19,20)/t12-,16+/m0/s1. The van der Waals surface area contributed by atoms with Gasteiger partial charge in [-0.3, -0.25) is 9.89 Å². The lowest BCUT2D eigenvalue weighted by atomic mass is 10.0. The predicted molar refractivity (Wildman–Crippen MR) is 93.0 cm³/mol. The Balaban J connectivity index is 1.77. The van der Waals surface area contributed by atoms with Crippen molar-refractivity contribution in [3.8, 4) is 11.3 Å². The molecule has 1 aliphatic heterocycles. The number of aromatic amines is 1. The number of likely N-dealkylation sites (tertiary alicyclic amines) is 1. The number of nitrogens with zero attached hydrogens (tertiary/aromatic N) is 3. The Labute approximate surface area is 146 Å². The van der Waals surface area contributed by atoms with E-state index in [1.165, 1.54) is 0 Å². The first-order chi connectivity index (χ1) is 11.5. The maximum absolute atomic E-state index is 12.7. The average molecular weight is 349 g/mol. The summed E-state index contributed by atoms with van der Waals surface area (Å²) >= 11 is 6.00. The van der Waals surface area contributed by atoms with Gasteiger partial charge in [-0.1, -0.05) is 23.7 Å². The van der Waals surface area contributed by atoms with Crippen molar-refractivity contribution < 1.29 is 9.90 Å². The van der Waals surface area contributed by atoms with Crippen molar-refractivity contribution in [3.05, 3.63) is 41.0 Å². The minimum Gasteiger partial charge on any atom is -0.396 e. The molecule has 1 amide bonds. The molecule has 2 heterocycles. The molecule has 128 valence electrons. The first-order valence-corrected chi connectivity index (χ1v) is 8.25. The molecule has 6 nitrogen and oxygen atoms in total. The molecule has 2 atom stereocenters. The number of H-pyrrole nitrogens is 1. The second-order valence-corrected chi connectivity index (χ2v) is 6.80. The van der Waals surface area contributed by atoms with Gasteiger partial charge >= 0.3 is 0 Å². The molecule has 3 rings (SSSR count). The molecule has 2 aromatic rings. The van der Waals surface area contributed by atoms with Crippen molar-refractivity contribution in [1.82, 2.24) is 20.0 Å². The number of carbonyl (C=O) groups is 1. The SMILES string of the molecule is CN(C)[C@@H]1CN(C(=O)c2cc(-c3cccc(Cl)c3)n[nH]2)C[C@H]1CO. The summed E-state index contributed by atoms with van der Waals surface area (Å²) in [6.45, 7) is 1.22. The van der Waals surface area contributed by atoms with Crippen LogP contribution in [0.4, 0.5) is 0 Å². The van der Waals surface area contributed by atoms with Crippen molar-refractivity contribution in [3.63, 3.8) is 0 Å². The fraction of sp³-hybridized carbons (Fsp3) is 0.412. The smallest absolute Gasteiger partial charge is 0.271 e. The largest absolute Gasteiger partial charge is 0.396 e. The number of aliphatic hydroxyl groups is 1. The lowest BCUT2D eigenvalue weighted by Gasteiger charge is -2.23. The maximum Gasteiger partial charge on any atom is 0.271 e. The van der Waals surface area contributed by atoms with Crippen LogP contribution in [0.15, 0.2) is 30.3 Å². The zero-order chi connectivity index (χ0) is 17.3. The van der Waals surface area contributed by atoms with Gasteiger partial charge in [-0.15, -0.1) is 0 Å². The highest BCUT2D eigenvalue weighted by atomic mass is 35.5. The molecule has 1 aromatic heterocycles. The van der Waals surface area contributed by atoms with Gasteiger partial charge in [0.1, 0.15) is 5.69 Å². The van der Waals surface area contributed by atoms with Crippen molar-refractivity contribution in [1.29, 1.82) is 0 Å². The summed E-state index contributed by atoms with van der Waals surface area (Å²) < 4.78 is 0. The minimum atomic E-state index is -0.0985. The summed E-state index contributed by atoms with van der Waals surface area (Å²) in [6.07, 6.45) is 0. The molecule has 2 N–H and O–H groups in total.